The number of aryl methyl sites for hydroxylation is 2. The van der Waals surface area contributed by atoms with Crippen molar-refractivity contribution in [3.63, 3.8) is 0 Å². The highest BCUT2D eigenvalue weighted by molar-refractivity contribution is 6.30. The lowest BCUT2D eigenvalue weighted by Crippen LogP contribution is -2.31. The number of esters is 1. The van der Waals surface area contributed by atoms with Gasteiger partial charge in [-0.05, 0) is 43.7 Å². The molecule has 31 heavy (non-hydrogen) atoms. The molecule has 0 aliphatic carbocycles. The predicted molar refractivity (Wildman–Crippen MR) is 114 cm³/mol. The van der Waals surface area contributed by atoms with Gasteiger partial charge in [0.15, 0.2) is 6.61 Å². The van der Waals surface area contributed by atoms with E-state index < -0.39 is 24.5 Å². The Hall–Kier alpha value is -3.39. The molecule has 0 saturated heterocycles. The van der Waals surface area contributed by atoms with E-state index >= 15 is 0 Å². The van der Waals surface area contributed by atoms with Gasteiger partial charge in [-0.2, -0.15) is 10.2 Å². The van der Waals surface area contributed by atoms with E-state index in [0.29, 0.717) is 34.2 Å². The molecule has 1 atom stereocenters. The average molecular weight is 441 g/mol. The topological polar surface area (TPSA) is 89.9 Å². The standard InChI is InChI=1S/C22H21ClN4O4/c1-13-21(14(2)26(3)24-13)22(29)31-12-20(28)27-18(19-5-4-10-30-19)11-17(25-27)15-6-8-16(23)9-7-15/h4-10,18H,11-12H2,1-3H3/t18-/m0/s1. The van der Waals surface area contributed by atoms with Crippen molar-refractivity contribution in [3.05, 3.63) is 76.0 Å². The molecule has 3 aromatic rings. The van der Waals surface area contributed by atoms with E-state index in [1.807, 2.05) is 12.1 Å². The third kappa shape index (κ3) is 4.11. The number of aromatic nitrogens is 2. The summed E-state index contributed by atoms with van der Waals surface area (Å²) in [6.45, 7) is 3.05. The van der Waals surface area contributed by atoms with Crippen LogP contribution in [0.25, 0.3) is 0 Å². The maximum Gasteiger partial charge on any atom is 0.342 e. The Morgan fingerprint density at radius 1 is 1.23 bits per heavy atom. The summed E-state index contributed by atoms with van der Waals surface area (Å²) in [5, 5.41) is 10.6. The number of amides is 1. The number of benzene rings is 1. The van der Waals surface area contributed by atoms with Crippen LogP contribution in [0.3, 0.4) is 0 Å². The molecule has 0 fully saturated rings. The molecule has 0 N–H and O–H groups in total. The van der Waals surface area contributed by atoms with Crippen molar-refractivity contribution in [2.45, 2.75) is 26.3 Å². The molecular formula is C22H21ClN4O4. The molecule has 160 valence electrons. The lowest BCUT2D eigenvalue weighted by molar-refractivity contribution is -0.136. The van der Waals surface area contributed by atoms with Crippen molar-refractivity contribution in [2.24, 2.45) is 12.1 Å². The molecule has 3 heterocycles. The van der Waals surface area contributed by atoms with Crippen LogP contribution in [0.15, 0.2) is 52.2 Å². The van der Waals surface area contributed by atoms with Crippen molar-refractivity contribution in [3.8, 4) is 0 Å². The molecule has 1 aliphatic rings. The Kier molecular flexibility index (Phi) is 5.65. The van der Waals surface area contributed by atoms with E-state index in [2.05, 4.69) is 10.2 Å². The quantitative estimate of drug-likeness (QED) is 0.562. The molecule has 1 aliphatic heterocycles. The van der Waals surface area contributed by atoms with Crippen LogP contribution in [-0.2, 0) is 16.6 Å². The first kappa shape index (κ1) is 20.9. The van der Waals surface area contributed by atoms with Crippen LogP contribution in [0.5, 0.6) is 0 Å². The zero-order chi connectivity index (χ0) is 22.1. The van der Waals surface area contributed by atoms with Crippen LogP contribution >= 0.6 is 11.6 Å². The normalized spacial score (nSPS) is 15.8. The van der Waals surface area contributed by atoms with Crippen molar-refractivity contribution in [1.29, 1.82) is 0 Å². The largest absolute Gasteiger partial charge is 0.467 e. The minimum absolute atomic E-state index is 0.365. The van der Waals surface area contributed by atoms with Crippen molar-refractivity contribution in [1.82, 2.24) is 14.8 Å². The molecule has 0 radical (unpaired) electrons. The minimum atomic E-state index is -0.591. The maximum absolute atomic E-state index is 13.0. The van der Waals surface area contributed by atoms with Gasteiger partial charge in [0.2, 0.25) is 0 Å². The van der Waals surface area contributed by atoms with E-state index in [4.69, 9.17) is 20.8 Å². The van der Waals surface area contributed by atoms with Gasteiger partial charge in [-0.25, -0.2) is 9.80 Å². The van der Waals surface area contributed by atoms with Gasteiger partial charge in [-0.1, -0.05) is 23.7 Å². The number of nitrogens with zero attached hydrogens (tertiary/aromatic N) is 4. The molecular weight excluding hydrogens is 420 g/mol. The highest BCUT2D eigenvalue weighted by atomic mass is 35.5. The van der Waals surface area contributed by atoms with Crippen LogP contribution in [0.1, 0.15) is 45.5 Å². The van der Waals surface area contributed by atoms with Gasteiger partial charge >= 0.3 is 5.97 Å². The summed E-state index contributed by atoms with van der Waals surface area (Å²) in [5.41, 5.74) is 3.17. The highest BCUT2D eigenvalue weighted by Gasteiger charge is 2.35. The zero-order valence-electron chi connectivity index (χ0n) is 17.3. The van der Waals surface area contributed by atoms with E-state index in [1.54, 1.807) is 56.1 Å². The minimum Gasteiger partial charge on any atom is -0.467 e. The maximum atomic E-state index is 13.0. The second-order valence-electron chi connectivity index (χ2n) is 7.27. The number of carbonyl (C=O) groups excluding carboxylic acids is 2. The monoisotopic (exact) mass is 440 g/mol. The summed E-state index contributed by atoms with van der Waals surface area (Å²) in [7, 11) is 1.75. The van der Waals surface area contributed by atoms with Gasteiger partial charge in [0, 0.05) is 24.2 Å². The van der Waals surface area contributed by atoms with Gasteiger partial charge < -0.3 is 9.15 Å². The lowest BCUT2D eigenvalue weighted by Gasteiger charge is -2.19. The Bertz CT molecular complexity index is 1150. The van der Waals surface area contributed by atoms with Crippen LogP contribution in [-0.4, -0.2) is 39.0 Å². The Labute approximate surface area is 184 Å². The summed E-state index contributed by atoms with van der Waals surface area (Å²) in [6.07, 6.45) is 2.02. The summed E-state index contributed by atoms with van der Waals surface area (Å²) in [5.74, 6) is -0.434. The number of hydrogen-bond donors (Lipinski definition) is 0. The number of rotatable bonds is 5. The van der Waals surface area contributed by atoms with Gasteiger partial charge in [-0.15, -0.1) is 0 Å². The SMILES string of the molecule is Cc1nn(C)c(C)c1C(=O)OCC(=O)N1N=C(c2ccc(Cl)cc2)C[C@H]1c1ccco1. The number of carbonyl (C=O) groups is 2. The smallest absolute Gasteiger partial charge is 0.342 e. The number of ether oxygens (including phenoxy) is 1. The summed E-state index contributed by atoms with van der Waals surface area (Å²) >= 11 is 5.98. The fourth-order valence-electron chi connectivity index (χ4n) is 3.59. The Morgan fingerprint density at radius 2 is 1.97 bits per heavy atom. The van der Waals surface area contributed by atoms with Crippen LogP contribution in [0, 0.1) is 13.8 Å². The third-order valence-electron chi connectivity index (χ3n) is 5.25. The summed E-state index contributed by atoms with van der Waals surface area (Å²) < 4.78 is 12.4. The highest BCUT2D eigenvalue weighted by Crippen LogP contribution is 2.33. The second-order valence-corrected chi connectivity index (χ2v) is 7.71. The molecule has 4 rings (SSSR count). The molecule has 9 heteroatoms. The van der Waals surface area contributed by atoms with Crippen molar-refractivity contribution in [2.75, 3.05) is 6.61 Å². The van der Waals surface area contributed by atoms with Gasteiger partial charge in [0.1, 0.15) is 17.4 Å². The van der Waals surface area contributed by atoms with Gasteiger partial charge in [0.05, 0.1) is 17.7 Å². The van der Waals surface area contributed by atoms with Crippen LogP contribution < -0.4 is 0 Å². The summed E-state index contributed by atoms with van der Waals surface area (Å²) in [6, 6.07) is 10.4. The molecule has 1 aromatic carbocycles. The zero-order valence-corrected chi connectivity index (χ0v) is 18.1. The number of hydrogen-bond acceptors (Lipinski definition) is 6. The molecule has 1 amide bonds. The van der Waals surface area contributed by atoms with Crippen molar-refractivity contribution < 1.29 is 18.7 Å². The number of halogens is 1. The Balaban J connectivity index is 1.53. The lowest BCUT2D eigenvalue weighted by atomic mass is 10.0. The molecule has 0 bridgehead atoms. The van der Waals surface area contributed by atoms with E-state index in [-0.39, 0.29) is 0 Å². The third-order valence-corrected chi connectivity index (χ3v) is 5.51. The number of furan rings is 1. The molecule has 0 saturated carbocycles. The fourth-order valence-corrected chi connectivity index (χ4v) is 3.72. The summed E-state index contributed by atoms with van der Waals surface area (Å²) in [4.78, 5) is 25.5. The Morgan fingerprint density at radius 3 is 2.58 bits per heavy atom. The van der Waals surface area contributed by atoms with E-state index in [1.165, 1.54) is 5.01 Å². The fraction of sp³-hybridized carbons (Fsp3) is 0.273. The van der Waals surface area contributed by atoms with Gasteiger partial charge in [0.25, 0.3) is 5.91 Å². The second kappa shape index (κ2) is 8.39. The molecule has 0 spiro atoms. The predicted octanol–water partition coefficient (Wildman–Crippen LogP) is 3.82. The number of hydrazone groups is 1. The first-order chi connectivity index (χ1) is 14.8. The van der Waals surface area contributed by atoms with E-state index in [0.717, 1.165) is 11.3 Å². The van der Waals surface area contributed by atoms with Crippen molar-refractivity contribution >= 4 is 29.2 Å². The first-order valence-corrected chi connectivity index (χ1v) is 10.1. The van der Waals surface area contributed by atoms with Gasteiger partial charge in [-0.3, -0.25) is 9.48 Å². The van der Waals surface area contributed by atoms with Crippen LogP contribution in [0.4, 0.5) is 0 Å². The van der Waals surface area contributed by atoms with Crippen LogP contribution in [0.2, 0.25) is 5.02 Å². The first-order valence-electron chi connectivity index (χ1n) is 9.71. The van der Waals surface area contributed by atoms with E-state index in [9.17, 15) is 9.59 Å². The average Bonchev–Trinajstić information content (AvgIpc) is 3.46. The molecule has 8 nitrogen and oxygen atoms in total. The molecule has 0 unspecified atom stereocenters. The molecule has 2 aromatic heterocycles.